The summed E-state index contributed by atoms with van der Waals surface area (Å²) in [6.45, 7) is 2.23. The Morgan fingerprint density at radius 3 is 2.74 bits per heavy atom. The Labute approximate surface area is 117 Å². The molecule has 2 rings (SSSR count). The monoisotopic (exact) mass is 299 g/mol. The number of sulfonamides is 1. The summed E-state index contributed by atoms with van der Waals surface area (Å²) >= 11 is 5.90. The van der Waals surface area contributed by atoms with Gasteiger partial charge < -0.3 is 0 Å². The van der Waals surface area contributed by atoms with Crippen molar-refractivity contribution in [3.05, 3.63) is 47.7 Å². The summed E-state index contributed by atoms with van der Waals surface area (Å²) in [5, 5.41) is 4.24. The molecule has 0 saturated carbocycles. The lowest BCUT2D eigenvalue weighted by molar-refractivity contribution is 0.494. The maximum Gasteiger partial charge on any atom is 0.242 e. The largest absolute Gasteiger partial charge is 0.271 e. The molecular weight excluding hydrogens is 286 g/mol. The van der Waals surface area contributed by atoms with Gasteiger partial charge in [-0.2, -0.15) is 5.10 Å². The standard InChI is InChI=1S/C12H14ClN3O2S/c1-10(9-16-8-4-7-14-16)15-19(17,18)12-6-3-2-5-11(12)13/h2-8,10,15H,9H2,1H3/t10-/m1/s1. The molecule has 2 aromatic rings. The Kier molecular flexibility index (Phi) is 4.24. The summed E-state index contributed by atoms with van der Waals surface area (Å²) in [5.41, 5.74) is 0. The SMILES string of the molecule is C[C@H](Cn1cccn1)NS(=O)(=O)c1ccccc1Cl. The van der Waals surface area contributed by atoms with Crippen molar-refractivity contribution in [2.24, 2.45) is 0 Å². The highest BCUT2D eigenvalue weighted by molar-refractivity contribution is 7.89. The van der Waals surface area contributed by atoms with E-state index in [2.05, 4.69) is 9.82 Å². The van der Waals surface area contributed by atoms with Crippen molar-refractivity contribution in [2.45, 2.75) is 24.4 Å². The Balaban J connectivity index is 2.11. The zero-order chi connectivity index (χ0) is 13.9. The minimum absolute atomic E-state index is 0.0870. The molecule has 0 spiro atoms. The number of halogens is 1. The molecule has 0 aliphatic rings. The summed E-state index contributed by atoms with van der Waals surface area (Å²) in [4.78, 5) is 0.0870. The smallest absolute Gasteiger partial charge is 0.242 e. The Bertz CT molecular complexity index is 641. The first-order chi connectivity index (χ1) is 8.99. The van der Waals surface area contributed by atoms with Crippen LogP contribution in [0.15, 0.2) is 47.6 Å². The molecule has 0 bridgehead atoms. The number of rotatable bonds is 5. The van der Waals surface area contributed by atoms with Crippen LogP contribution in [0.4, 0.5) is 0 Å². The molecule has 1 atom stereocenters. The van der Waals surface area contributed by atoms with Crippen molar-refractivity contribution in [1.82, 2.24) is 14.5 Å². The predicted octanol–water partition coefficient (Wildman–Crippen LogP) is 1.90. The minimum atomic E-state index is -3.62. The average molecular weight is 300 g/mol. The normalized spacial score (nSPS) is 13.4. The van der Waals surface area contributed by atoms with Crippen LogP contribution >= 0.6 is 11.6 Å². The first-order valence-electron chi connectivity index (χ1n) is 5.73. The lowest BCUT2D eigenvalue weighted by Crippen LogP contribution is -2.35. The van der Waals surface area contributed by atoms with E-state index in [0.29, 0.717) is 6.54 Å². The van der Waals surface area contributed by atoms with E-state index in [1.807, 2.05) is 0 Å². The van der Waals surface area contributed by atoms with Crippen LogP contribution in [0.1, 0.15) is 6.92 Å². The second-order valence-corrected chi connectivity index (χ2v) is 6.27. The Morgan fingerprint density at radius 2 is 2.11 bits per heavy atom. The van der Waals surface area contributed by atoms with E-state index in [1.165, 1.54) is 6.07 Å². The fraction of sp³-hybridized carbons (Fsp3) is 0.250. The maximum absolute atomic E-state index is 12.2. The van der Waals surface area contributed by atoms with Crippen LogP contribution in [0, 0.1) is 0 Å². The second kappa shape index (κ2) is 5.73. The molecule has 5 nitrogen and oxygen atoms in total. The molecule has 1 aromatic carbocycles. The molecule has 0 fully saturated rings. The molecule has 19 heavy (non-hydrogen) atoms. The van der Waals surface area contributed by atoms with Crippen molar-refractivity contribution < 1.29 is 8.42 Å². The minimum Gasteiger partial charge on any atom is -0.271 e. The topological polar surface area (TPSA) is 64.0 Å². The number of nitrogens with one attached hydrogen (secondary N) is 1. The molecule has 1 N–H and O–H groups in total. The van der Waals surface area contributed by atoms with Gasteiger partial charge in [-0.05, 0) is 25.1 Å². The van der Waals surface area contributed by atoms with Crippen LogP contribution < -0.4 is 4.72 Å². The lowest BCUT2D eigenvalue weighted by atomic mass is 10.4. The van der Waals surface area contributed by atoms with Gasteiger partial charge in [0.2, 0.25) is 10.0 Å². The summed E-state index contributed by atoms with van der Waals surface area (Å²) in [7, 11) is -3.62. The summed E-state index contributed by atoms with van der Waals surface area (Å²) < 4.78 is 28.6. The van der Waals surface area contributed by atoms with Crippen molar-refractivity contribution in [1.29, 1.82) is 0 Å². The number of hydrogen-bond acceptors (Lipinski definition) is 3. The van der Waals surface area contributed by atoms with Crippen molar-refractivity contribution in [3.8, 4) is 0 Å². The van der Waals surface area contributed by atoms with Crippen LogP contribution in [0.2, 0.25) is 5.02 Å². The van der Waals surface area contributed by atoms with Crippen LogP contribution in [0.3, 0.4) is 0 Å². The zero-order valence-electron chi connectivity index (χ0n) is 10.3. The van der Waals surface area contributed by atoms with Crippen LogP contribution in [-0.2, 0) is 16.6 Å². The first kappa shape index (κ1) is 14.0. The van der Waals surface area contributed by atoms with Gasteiger partial charge in [0, 0.05) is 18.4 Å². The van der Waals surface area contributed by atoms with E-state index in [4.69, 9.17) is 11.6 Å². The third-order valence-corrected chi connectivity index (χ3v) is 4.59. The van der Waals surface area contributed by atoms with Gasteiger partial charge >= 0.3 is 0 Å². The van der Waals surface area contributed by atoms with Gasteiger partial charge in [0.25, 0.3) is 0 Å². The van der Waals surface area contributed by atoms with Gasteiger partial charge in [-0.3, -0.25) is 4.68 Å². The molecule has 0 unspecified atom stereocenters. The molecule has 1 aromatic heterocycles. The van der Waals surface area contributed by atoms with Gasteiger partial charge in [-0.1, -0.05) is 23.7 Å². The first-order valence-corrected chi connectivity index (χ1v) is 7.59. The number of aromatic nitrogens is 2. The lowest BCUT2D eigenvalue weighted by Gasteiger charge is -2.15. The van der Waals surface area contributed by atoms with E-state index in [-0.39, 0.29) is 16.0 Å². The van der Waals surface area contributed by atoms with E-state index in [9.17, 15) is 8.42 Å². The van der Waals surface area contributed by atoms with E-state index in [0.717, 1.165) is 0 Å². The summed E-state index contributed by atoms with van der Waals surface area (Å²) in [6, 6.07) is 7.85. The molecule has 0 saturated heterocycles. The molecule has 0 radical (unpaired) electrons. The number of hydrogen-bond donors (Lipinski definition) is 1. The Hall–Kier alpha value is -1.37. The molecule has 7 heteroatoms. The number of benzene rings is 1. The molecule has 0 amide bonds. The number of nitrogens with zero attached hydrogens (tertiary/aromatic N) is 2. The third kappa shape index (κ3) is 3.56. The van der Waals surface area contributed by atoms with Crippen LogP contribution in [-0.4, -0.2) is 24.2 Å². The van der Waals surface area contributed by atoms with Gasteiger partial charge in [0.15, 0.2) is 0 Å². The summed E-state index contributed by atoms with van der Waals surface area (Å²) in [6.07, 6.45) is 3.43. The fourth-order valence-electron chi connectivity index (χ4n) is 1.72. The summed E-state index contributed by atoms with van der Waals surface area (Å²) in [5.74, 6) is 0. The average Bonchev–Trinajstić information content (AvgIpc) is 2.81. The van der Waals surface area contributed by atoms with Gasteiger partial charge in [-0.15, -0.1) is 0 Å². The van der Waals surface area contributed by atoms with Gasteiger partial charge in [0.05, 0.1) is 11.6 Å². The molecule has 0 aliphatic heterocycles. The van der Waals surface area contributed by atoms with Crippen LogP contribution in [0.5, 0.6) is 0 Å². The zero-order valence-corrected chi connectivity index (χ0v) is 11.9. The highest BCUT2D eigenvalue weighted by Crippen LogP contribution is 2.20. The van der Waals surface area contributed by atoms with Crippen LogP contribution in [0.25, 0.3) is 0 Å². The fourth-order valence-corrected chi connectivity index (χ4v) is 3.47. The van der Waals surface area contributed by atoms with Crippen molar-refractivity contribution >= 4 is 21.6 Å². The second-order valence-electron chi connectivity index (χ2n) is 4.18. The van der Waals surface area contributed by atoms with Crippen molar-refractivity contribution in [3.63, 3.8) is 0 Å². The van der Waals surface area contributed by atoms with Gasteiger partial charge in [0.1, 0.15) is 4.90 Å². The molecule has 0 aliphatic carbocycles. The molecule has 102 valence electrons. The third-order valence-electron chi connectivity index (χ3n) is 2.50. The van der Waals surface area contributed by atoms with E-state index >= 15 is 0 Å². The van der Waals surface area contributed by atoms with Gasteiger partial charge in [-0.25, -0.2) is 13.1 Å². The Morgan fingerprint density at radius 1 is 1.37 bits per heavy atom. The van der Waals surface area contributed by atoms with E-state index < -0.39 is 10.0 Å². The van der Waals surface area contributed by atoms with Crippen molar-refractivity contribution in [2.75, 3.05) is 0 Å². The highest BCUT2D eigenvalue weighted by atomic mass is 35.5. The molecular formula is C12H14ClN3O2S. The maximum atomic E-state index is 12.2. The van der Waals surface area contributed by atoms with E-state index in [1.54, 1.807) is 48.3 Å². The molecule has 1 heterocycles. The quantitative estimate of drug-likeness (QED) is 0.917. The highest BCUT2D eigenvalue weighted by Gasteiger charge is 2.20. The predicted molar refractivity (Wildman–Crippen MR) is 73.5 cm³/mol.